The number of hydrogen-bond acceptors (Lipinski definition) is 2. The molecule has 0 fully saturated rings. The number of benzene rings is 2. The summed E-state index contributed by atoms with van der Waals surface area (Å²) in [5, 5.41) is 0. The number of hydrogen-bond donors (Lipinski definition) is 1. The van der Waals surface area contributed by atoms with Crippen LogP contribution in [0.4, 0.5) is 0 Å². The van der Waals surface area contributed by atoms with E-state index in [1.165, 1.54) is 11.1 Å². The Balaban J connectivity index is 2.04. The maximum atomic E-state index is 5.85. The lowest BCUT2D eigenvalue weighted by atomic mass is 10.1. The topological polar surface area (TPSA) is 35.2 Å². The Morgan fingerprint density at radius 2 is 1.89 bits per heavy atom. The third-order valence-electron chi connectivity index (χ3n) is 2.81. The average molecular weight is 320 g/mol. The molecular formula is C16H18BrNO. The highest BCUT2D eigenvalue weighted by molar-refractivity contribution is 9.10. The van der Waals surface area contributed by atoms with E-state index in [2.05, 4.69) is 34.1 Å². The van der Waals surface area contributed by atoms with Crippen LogP contribution in [0.3, 0.4) is 0 Å². The first-order valence-electron chi connectivity index (χ1n) is 6.36. The van der Waals surface area contributed by atoms with E-state index >= 15 is 0 Å². The Labute approximate surface area is 122 Å². The Kier molecular flexibility index (Phi) is 5.00. The summed E-state index contributed by atoms with van der Waals surface area (Å²) < 4.78 is 6.89. The molecule has 0 spiro atoms. The van der Waals surface area contributed by atoms with Gasteiger partial charge in [-0.1, -0.05) is 46.3 Å². The van der Waals surface area contributed by atoms with Crippen LogP contribution in [-0.4, -0.2) is 6.04 Å². The van der Waals surface area contributed by atoms with Crippen LogP contribution in [-0.2, 0) is 13.0 Å². The van der Waals surface area contributed by atoms with E-state index in [0.29, 0.717) is 6.61 Å². The molecule has 2 aromatic rings. The highest BCUT2D eigenvalue weighted by Crippen LogP contribution is 2.24. The van der Waals surface area contributed by atoms with Gasteiger partial charge in [-0.15, -0.1) is 0 Å². The van der Waals surface area contributed by atoms with Crippen molar-refractivity contribution in [3.63, 3.8) is 0 Å². The van der Waals surface area contributed by atoms with Crippen molar-refractivity contribution in [3.8, 4) is 5.75 Å². The summed E-state index contributed by atoms with van der Waals surface area (Å²) in [6.07, 6.45) is 0.836. The molecular weight excluding hydrogens is 302 g/mol. The molecule has 0 aliphatic carbocycles. The Hall–Kier alpha value is -1.32. The van der Waals surface area contributed by atoms with E-state index in [0.717, 1.165) is 16.6 Å². The zero-order valence-electron chi connectivity index (χ0n) is 11.0. The number of halogens is 1. The molecule has 2 aromatic carbocycles. The van der Waals surface area contributed by atoms with E-state index in [9.17, 15) is 0 Å². The fourth-order valence-corrected chi connectivity index (χ4v) is 2.29. The molecule has 0 saturated heterocycles. The summed E-state index contributed by atoms with van der Waals surface area (Å²) in [7, 11) is 0. The van der Waals surface area contributed by atoms with E-state index in [1.807, 2.05) is 37.3 Å². The van der Waals surface area contributed by atoms with Gasteiger partial charge in [-0.25, -0.2) is 0 Å². The molecule has 2 nitrogen and oxygen atoms in total. The monoisotopic (exact) mass is 319 g/mol. The molecule has 19 heavy (non-hydrogen) atoms. The summed E-state index contributed by atoms with van der Waals surface area (Å²) in [5.74, 6) is 0.878. The number of rotatable bonds is 5. The van der Waals surface area contributed by atoms with Gasteiger partial charge in [0.2, 0.25) is 0 Å². The Bertz CT molecular complexity index is 526. The quantitative estimate of drug-likeness (QED) is 0.906. The maximum absolute atomic E-state index is 5.85. The normalized spacial score (nSPS) is 12.2. The van der Waals surface area contributed by atoms with Crippen molar-refractivity contribution >= 4 is 15.9 Å². The molecule has 0 aliphatic rings. The fourth-order valence-electron chi connectivity index (χ4n) is 1.89. The molecule has 0 saturated carbocycles. The zero-order chi connectivity index (χ0) is 13.7. The van der Waals surface area contributed by atoms with Crippen molar-refractivity contribution in [1.82, 2.24) is 0 Å². The second kappa shape index (κ2) is 6.73. The van der Waals surface area contributed by atoms with Crippen LogP contribution in [0.2, 0.25) is 0 Å². The van der Waals surface area contributed by atoms with Crippen LogP contribution >= 0.6 is 15.9 Å². The third-order valence-corrected chi connectivity index (χ3v) is 3.58. The molecule has 100 valence electrons. The molecule has 0 radical (unpaired) electrons. The minimum absolute atomic E-state index is 0.140. The highest BCUT2D eigenvalue weighted by Gasteiger charge is 2.05. The van der Waals surface area contributed by atoms with E-state index in [-0.39, 0.29) is 6.04 Å². The first-order chi connectivity index (χ1) is 9.15. The van der Waals surface area contributed by atoms with Crippen molar-refractivity contribution in [2.45, 2.75) is 26.0 Å². The van der Waals surface area contributed by atoms with Crippen molar-refractivity contribution in [1.29, 1.82) is 0 Å². The Morgan fingerprint density at radius 3 is 2.58 bits per heavy atom. The van der Waals surface area contributed by atoms with Crippen LogP contribution in [0.5, 0.6) is 5.75 Å². The molecule has 0 aliphatic heterocycles. The summed E-state index contributed by atoms with van der Waals surface area (Å²) in [6, 6.07) is 16.3. The predicted octanol–water partition coefficient (Wildman–Crippen LogP) is 3.92. The highest BCUT2D eigenvalue weighted by atomic mass is 79.9. The van der Waals surface area contributed by atoms with Gasteiger partial charge in [0, 0.05) is 10.5 Å². The first-order valence-corrected chi connectivity index (χ1v) is 7.15. The van der Waals surface area contributed by atoms with Gasteiger partial charge in [-0.3, -0.25) is 0 Å². The fraction of sp³-hybridized carbons (Fsp3) is 0.250. The maximum Gasteiger partial charge on any atom is 0.120 e. The van der Waals surface area contributed by atoms with Crippen molar-refractivity contribution in [2.75, 3.05) is 0 Å². The lowest BCUT2D eigenvalue weighted by Crippen LogP contribution is -2.18. The molecule has 0 bridgehead atoms. The summed E-state index contributed by atoms with van der Waals surface area (Å²) in [5.41, 5.74) is 8.19. The Morgan fingerprint density at radius 1 is 1.16 bits per heavy atom. The van der Waals surface area contributed by atoms with Crippen molar-refractivity contribution in [3.05, 3.63) is 64.1 Å². The smallest absolute Gasteiger partial charge is 0.120 e. The zero-order valence-corrected chi connectivity index (χ0v) is 12.6. The van der Waals surface area contributed by atoms with Gasteiger partial charge in [-0.05, 0) is 42.7 Å². The van der Waals surface area contributed by atoms with Crippen LogP contribution in [0.1, 0.15) is 18.1 Å². The lowest BCUT2D eigenvalue weighted by molar-refractivity contribution is 0.306. The van der Waals surface area contributed by atoms with Crippen LogP contribution in [0.15, 0.2) is 53.0 Å². The van der Waals surface area contributed by atoms with Crippen molar-refractivity contribution < 1.29 is 4.74 Å². The van der Waals surface area contributed by atoms with Gasteiger partial charge < -0.3 is 10.5 Å². The van der Waals surface area contributed by atoms with Crippen LogP contribution < -0.4 is 10.5 Å². The van der Waals surface area contributed by atoms with E-state index in [1.54, 1.807) is 0 Å². The molecule has 1 unspecified atom stereocenters. The van der Waals surface area contributed by atoms with Gasteiger partial charge in [0.15, 0.2) is 0 Å². The molecule has 0 heterocycles. The van der Waals surface area contributed by atoms with Gasteiger partial charge in [-0.2, -0.15) is 0 Å². The number of ether oxygens (including phenoxy) is 1. The van der Waals surface area contributed by atoms with Gasteiger partial charge in [0.05, 0.1) is 0 Å². The standard InChI is InChI=1S/C16H18BrNO/c1-12(18)9-14-10-15(7-8-16(14)17)19-11-13-5-3-2-4-6-13/h2-8,10,12H,9,11,18H2,1H3. The van der Waals surface area contributed by atoms with E-state index in [4.69, 9.17) is 10.5 Å². The van der Waals surface area contributed by atoms with Gasteiger partial charge in [0.1, 0.15) is 12.4 Å². The summed E-state index contributed by atoms with van der Waals surface area (Å²) >= 11 is 3.54. The molecule has 0 amide bonds. The second-order valence-corrected chi connectivity index (χ2v) is 5.56. The minimum Gasteiger partial charge on any atom is -0.489 e. The van der Waals surface area contributed by atoms with Gasteiger partial charge >= 0.3 is 0 Å². The lowest BCUT2D eigenvalue weighted by Gasteiger charge is -2.11. The molecule has 2 N–H and O–H groups in total. The molecule has 1 atom stereocenters. The molecule has 3 heteroatoms. The van der Waals surface area contributed by atoms with E-state index < -0.39 is 0 Å². The second-order valence-electron chi connectivity index (χ2n) is 4.71. The van der Waals surface area contributed by atoms with Crippen LogP contribution in [0.25, 0.3) is 0 Å². The third kappa shape index (κ3) is 4.37. The predicted molar refractivity (Wildman–Crippen MR) is 82.3 cm³/mol. The molecule has 0 aromatic heterocycles. The molecule has 2 rings (SSSR count). The van der Waals surface area contributed by atoms with Crippen LogP contribution in [0, 0.1) is 0 Å². The number of nitrogens with two attached hydrogens (primary N) is 1. The SMILES string of the molecule is CC(N)Cc1cc(OCc2ccccc2)ccc1Br. The summed E-state index contributed by atoms with van der Waals surface area (Å²) in [4.78, 5) is 0. The first kappa shape index (κ1) is 14.1. The average Bonchev–Trinajstić information content (AvgIpc) is 2.40. The summed E-state index contributed by atoms with van der Waals surface area (Å²) in [6.45, 7) is 2.59. The minimum atomic E-state index is 0.140. The van der Waals surface area contributed by atoms with Gasteiger partial charge in [0.25, 0.3) is 0 Å². The van der Waals surface area contributed by atoms with Crippen molar-refractivity contribution in [2.24, 2.45) is 5.73 Å². The largest absolute Gasteiger partial charge is 0.489 e.